The molecule has 1 saturated carbocycles. The van der Waals surface area contributed by atoms with Crippen LogP contribution in [0, 0.1) is 17.3 Å². The highest BCUT2D eigenvalue weighted by atomic mass is 16.5. The molecule has 0 amide bonds. The molecular formula is C16H22O3. The first-order valence-electron chi connectivity index (χ1n) is 7.19. The van der Waals surface area contributed by atoms with E-state index in [1.165, 1.54) is 0 Å². The molecule has 19 heavy (non-hydrogen) atoms. The number of ketones is 1. The van der Waals surface area contributed by atoms with Crippen molar-refractivity contribution in [3.05, 3.63) is 24.5 Å². The predicted molar refractivity (Wildman–Crippen MR) is 72.3 cm³/mol. The number of hydrogen-bond acceptors (Lipinski definition) is 3. The van der Waals surface area contributed by atoms with Crippen LogP contribution < -0.4 is 0 Å². The highest BCUT2D eigenvalue weighted by Crippen LogP contribution is 2.66. The van der Waals surface area contributed by atoms with E-state index in [0.29, 0.717) is 12.2 Å². The number of rotatable bonds is 2. The highest BCUT2D eigenvalue weighted by molar-refractivity contribution is 5.87. The minimum absolute atomic E-state index is 0.117. The van der Waals surface area contributed by atoms with Gasteiger partial charge in [0.15, 0.2) is 0 Å². The Morgan fingerprint density at radius 2 is 2.32 bits per heavy atom. The van der Waals surface area contributed by atoms with Crippen molar-refractivity contribution in [3.63, 3.8) is 0 Å². The molecule has 0 spiro atoms. The molecule has 0 bridgehead atoms. The fourth-order valence-corrected chi connectivity index (χ4v) is 4.18. The number of fused-ring (bicyclic) bond motifs is 1. The van der Waals surface area contributed by atoms with E-state index in [2.05, 4.69) is 18.7 Å². The smallest absolute Gasteiger partial charge is 0.140 e. The van der Waals surface area contributed by atoms with E-state index >= 15 is 0 Å². The van der Waals surface area contributed by atoms with E-state index in [9.17, 15) is 9.90 Å². The molecule has 3 rings (SSSR count). The standard InChI is InChI=1S/C16H22O3/c1-10-13(17)9-16(11(2)19-15(10,16)3)14(18)12-7-5-4-6-8-12/h5,7,10,12,14,18H,2,4,6,8-9H2,1,3H3/t10-,12+,14?,15-,16-/m0/s1. The maximum Gasteiger partial charge on any atom is 0.140 e. The van der Waals surface area contributed by atoms with Crippen molar-refractivity contribution < 1.29 is 14.6 Å². The van der Waals surface area contributed by atoms with Crippen LogP contribution in [-0.2, 0) is 9.53 Å². The molecule has 104 valence electrons. The van der Waals surface area contributed by atoms with Gasteiger partial charge in [-0.1, -0.05) is 25.7 Å². The van der Waals surface area contributed by atoms with Crippen LogP contribution in [-0.4, -0.2) is 22.6 Å². The van der Waals surface area contributed by atoms with Gasteiger partial charge in [-0.2, -0.15) is 0 Å². The summed E-state index contributed by atoms with van der Waals surface area (Å²) in [4.78, 5) is 12.1. The lowest BCUT2D eigenvalue weighted by Gasteiger charge is -2.59. The predicted octanol–water partition coefficient (Wildman–Crippen LogP) is 2.60. The minimum atomic E-state index is -0.578. The van der Waals surface area contributed by atoms with Crippen molar-refractivity contribution in [3.8, 4) is 0 Å². The van der Waals surface area contributed by atoms with Crippen molar-refractivity contribution in [1.82, 2.24) is 0 Å². The van der Waals surface area contributed by atoms with Crippen LogP contribution in [0.3, 0.4) is 0 Å². The topological polar surface area (TPSA) is 46.5 Å². The van der Waals surface area contributed by atoms with Gasteiger partial charge in [0, 0.05) is 12.3 Å². The Labute approximate surface area is 114 Å². The van der Waals surface area contributed by atoms with E-state index in [-0.39, 0.29) is 17.6 Å². The van der Waals surface area contributed by atoms with E-state index in [0.717, 1.165) is 19.3 Å². The molecule has 0 radical (unpaired) electrons. The number of aliphatic hydroxyl groups excluding tert-OH is 1. The summed E-state index contributed by atoms with van der Waals surface area (Å²) in [7, 11) is 0. The third-order valence-corrected chi connectivity index (χ3v) is 5.68. The fourth-order valence-electron chi connectivity index (χ4n) is 4.18. The quantitative estimate of drug-likeness (QED) is 0.778. The molecule has 2 fully saturated rings. The van der Waals surface area contributed by atoms with Gasteiger partial charge in [-0.3, -0.25) is 4.79 Å². The largest absolute Gasteiger partial charge is 0.490 e. The van der Waals surface area contributed by atoms with Gasteiger partial charge < -0.3 is 9.84 Å². The number of Topliss-reactive ketones (excluding diaryl/α,β-unsaturated/α-hetero) is 1. The summed E-state index contributed by atoms with van der Waals surface area (Å²) in [6.45, 7) is 7.80. The third-order valence-electron chi connectivity index (χ3n) is 5.68. The minimum Gasteiger partial charge on any atom is -0.490 e. The lowest BCUT2D eigenvalue weighted by molar-refractivity contribution is -0.240. The molecule has 3 nitrogen and oxygen atoms in total. The maximum atomic E-state index is 12.1. The Balaban J connectivity index is 1.97. The number of aliphatic hydroxyl groups is 1. The van der Waals surface area contributed by atoms with Gasteiger partial charge in [0.05, 0.1) is 12.0 Å². The van der Waals surface area contributed by atoms with Gasteiger partial charge in [-0.05, 0) is 26.2 Å². The Hall–Kier alpha value is -1.09. The summed E-state index contributed by atoms with van der Waals surface area (Å²) < 4.78 is 5.75. The van der Waals surface area contributed by atoms with Crippen LogP contribution in [0.25, 0.3) is 0 Å². The summed E-state index contributed by atoms with van der Waals surface area (Å²) in [6, 6.07) is 0. The van der Waals surface area contributed by atoms with Gasteiger partial charge >= 0.3 is 0 Å². The number of carbonyl (C=O) groups excluding carboxylic acids is 1. The fraction of sp³-hybridized carbons (Fsp3) is 0.688. The van der Waals surface area contributed by atoms with E-state index < -0.39 is 17.1 Å². The summed E-state index contributed by atoms with van der Waals surface area (Å²) >= 11 is 0. The average Bonchev–Trinajstić information content (AvgIpc) is 2.57. The van der Waals surface area contributed by atoms with Crippen LogP contribution >= 0.6 is 0 Å². The van der Waals surface area contributed by atoms with Gasteiger partial charge in [0.25, 0.3) is 0 Å². The molecule has 0 aromatic rings. The van der Waals surface area contributed by atoms with Crippen LogP contribution in [0.4, 0.5) is 0 Å². The monoisotopic (exact) mass is 262 g/mol. The summed E-state index contributed by atoms with van der Waals surface area (Å²) in [5.74, 6) is 0.728. The molecule has 0 aromatic carbocycles. The van der Waals surface area contributed by atoms with Crippen molar-refractivity contribution in [2.24, 2.45) is 17.3 Å². The number of allylic oxidation sites excluding steroid dienone is 1. The zero-order valence-corrected chi connectivity index (χ0v) is 11.7. The van der Waals surface area contributed by atoms with E-state index in [4.69, 9.17) is 4.74 Å². The van der Waals surface area contributed by atoms with Crippen molar-refractivity contribution in [2.75, 3.05) is 0 Å². The second-order valence-corrected chi connectivity index (χ2v) is 6.44. The summed E-state index contributed by atoms with van der Waals surface area (Å²) in [6.07, 6.45) is 7.20. The van der Waals surface area contributed by atoms with Gasteiger partial charge in [0.2, 0.25) is 0 Å². The zero-order chi connectivity index (χ0) is 13.8. The molecule has 5 atom stereocenters. The maximum absolute atomic E-state index is 12.1. The second-order valence-electron chi connectivity index (χ2n) is 6.44. The molecule has 1 aliphatic heterocycles. The normalized spacial score (nSPS) is 46.5. The molecule has 1 N–H and O–H groups in total. The third kappa shape index (κ3) is 1.40. The number of hydrogen-bond donors (Lipinski definition) is 1. The van der Waals surface area contributed by atoms with E-state index in [1.54, 1.807) is 0 Å². The lowest BCUT2D eigenvalue weighted by Crippen LogP contribution is -2.65. The van der Waals surface area contributed by atoms with Crippen molar-refractivity contribution in [2.45, 2.75) is 51.2 Å². The molecule has 2 aliphatic carbocycles. The average molecular weight is 262 g/mol. The number of ether oxygens (including phenoxy) is 1. The Morgan fingerprint density at radius 1 is 1.58 bits per heavy atom. The first-order valence-corrected chi connectivity index (χ1v) is 7.19. The molecule has 1 heterocycles. The van der Waals surface area contributed by atoms with Gasteiger partial charge in [-0.15, -0.1) is 0 Å². The SMILES string of the molecule is C=C1O[C@@]2(C)[C@@H](C)C(=O)C[C@@]12C(O)[C@@H]1C=CCCC1. The molecule has 0 aromatic heterocycles. The molecule has 1 unspecified atom stereocenters. The van der Waals surface area contributed by atoms with Crippen LogP contribution in [0.2, 0.25) is 0 Å². The van der Waals surface area contributed by atoms with Crippen LogP contribution in [0.5, 0.6) is 0 Å². The van der Waals surface area contributed by atoms with Crippen molar-refractivity contribution in [1.29, 1.82) is 0 Å². The molecular weight excluding hydrogens is 240 g/mol. The van der Waals surface area contributed by atoms with Crippen molar-refractivity contribution >= 4 is 5.78 Å². The highest BCUT2D eigenvalue weighted by Gasteiger charge is 2.74. The molecule has 3 aliphatic rings. The number of carbonyl (C=O) groups is 1. The zero-order valence-electron chi connectivity index (χ0n) is 11.7. The Morgan fingerprint density at radius 3 is 2.84 bits per heavy atom. The first kappa shape index (κ1) is 12.9. The Kier molecular flexibility index (Phi) is 2.69. The first-order chi connectivity index (χ1) is 8.93. The molecule has 1 saturated heterocycles. The lowest BCUT2D eigenvalue weighted by atomic mass is 9.60. The van der Waals surface area contributed by atoms with E-state index in [1.807, 2.05) is 13.8 Å². The Bertz CT molecular complexity index is 467. The van der Waals surface area contributed by atoms with Gasteiger partial charge in [-0.25, -0.2) is 0 Å². The summed E-state index contributed by atoms with van der Waals surface area (Å²) in [5, 5.41) is 10.9. The second kappa shape index (κ2) is 3.95. The molecule has 3 heteroatoms. The van der Waals surface area contributed by atoms with Crippen LogP contribution in [0.15, 0.2) is 24.5 Å². The van der Waals surface area contributed by atoms with Crippen LogP contribution in [0.1, 0.15) is 39.5 Å². The summed E-state index contributed by atoms with van der Waals surface area (Å²) in [5.41, 5.74) is -1.15. The van der Waals surface area contributed by atoms with Gasteiger partial charge in [0.1, 0.15) is 22.6 Å².